The van der Waals surface area contributed by atoms with Crippen molar-refractivity contribution < 1.29 is 4.79 Å². The van der Waals surface area contributed by atoms with E-state index in [9.17, 15) is 4.79 Å². The van der Waals surface area contributed by atoms with E-state index in [0.717, 1.165) is 22.2 Å². The average molecular weight is 310 g/mol. The van der Waals surface area contributed by atoms with E-state index in [1.54, 1.807) is 0 Å². The van der Waals surface area contributed by atoms with Gasteiger partial charge in [-0.1, -0.05) is 12.1 Å². The first-order valence-corrected chi connectivity index (χ1v) is 7.86. The van der Waals surface area contributed by atoms with Gasteiger partial charge in [-0.2, -0.15) is 5.10 Å². The summed E-state index contributed by atoms with van der Waals surface area (Å²) < 4.78 is 1.91. The molecule has 0 bridgehead atoms. The Kier molecular flexibility index (Phi) is 3.94. The highest BCUT2D eigenvalue weighted by Gasteiger charge is 2.12. The molecule has 1 amide bonds. The van der Waals surface area contributed by atoms with Crippen LogP contribution in [-0.4, -0.2) is 20.7 Å². The summed E-state index contributed by atoms with van der Waals surface area (Å²) in [5.74, 6) is 0.553. The Bertz CT molecular complexity index is 857. The summed E-state index contributed by atoms with van der Waals surface area (Å²) in [6.45, 7) is 8.18. The van der Waals surface area contributed by atoms with Crippen LogP contribution in [0, 0.1) is 13.8 Å². The third-order valence-electron chi connectivity index (χ3n) is 3.95. The van der Waals surface area contributed by atoms with Gasteiger partial charge in [-0.3, -0.25) is 9.48 Å². The first kappa shape index (κ1) is 15.3. The second kappa shape index (κ2) is 5.91. The molecule has 5 heteroatoms. The van der Waals surface area contributed by atoms with Crippen molar-refractivity contribution in [2.24, 2.45) is 0 Å². The number of aromatic nitrogens is 3. The molecule has 0 aliphatic heterocycles. The normalized spacial score (nSPS) is 11.3. The van der Waals surface area contributed by atoms with Crippen LogP contribution >= 0.6 is 0 Å². The van der Waals surface area contributed by atoms with Crippen LogP contribution in [-0.2, 0) is 11.2 Å². The minimum atomic E-state index is -0.0557. The molecule has 0 atom stereocenters. The number of carbonyl (C=O) groups excluding carboxylic acids is 1. The van der Waals surface area contributed by atoms with Gasteiger partial charge < -0.3 is 10.3 Å². The number of H-pyrrole nitrogens is 1. The van der Waals surface area contributed by atoms with Gasteiger partial charge in [0, 0.05) is 34.9 Å². The fraction of sp³-hybridized carbons (Fsp3) is 0.333. The van der Waals surface area contributed by atoms with Crippen molar-refractivity contribution in [3.8, 4) is 0 Å². The Balaban J connectivity index is 1.75. The lowest BCUT2D eigenvalue weighted by atomic mass is 10.1. The number of fused-ring (bicyclic) bond motifs is 1. The summed E-state index contributed by atoms with van der Waals surface area (Å²) in [6, 6.07) is 8.38. The number of nitrogens with zero attached hydrogens (tertiary/aromatic N) is 2. The third kappa shape index (κ3) is 3.13. The molecule has 0 fully saturated rings. The lowest BCUT2D eigenvalue weighted by Gasteiger charge is -2.07. The number of rotatable bonds is 4. The van der Waals surface area contributed by atoms with Gasteiger partial charge in [0.1, 0.15) is 0 Å². The number of hydrogen-bond acceptors (Lipinski definition) is 2. The van der Waals surface area contributed by atoms with Crippen molar-refractivity contribution in [2.75, 3.05) is 5.32 Å². The van der Waals surface area contributed by atoms with Gasteiger partial charge in [0.25, 0.3) is 0 Å². The van der Waals surface area contributed by atoms with Gasteiger partial charge in [0.05, 0.1) is 6.42 Å². The highest BCUT2D eigenvalue weighted by molar-refractivity contribution is 5.95. The molecule has 0 aliphatic rings. The van der Waals surface area contributed by atoms with Gasteiger partial charge >= 0.3 is 0 Å². The summed E-state index contributed by atoms with van der Waals surface area (Å²) in [5, 5.41) is 8.41. The number of amides is 1. The van der Waals surface area contributed by atoms with Crippen molar-refractivity contribution in [3.05, 3.63) is 47.3 Å². The van der Waals surface area contributed by atoms with Crippen molar-refractivity contribution in [1.29, 1.82) is 0 Å². The molecule has 0 saturated heterocycles. The SMILES string of the molecule is Cc1ccc2c(CC(=O)Nc3cc(C)n(C(C)C)n3)c[nH]c2c1. The summed E-state index contributed by atoms with van der Waals surface area (Å²) >= 11 is 0. The Hall–Kier alpha value is -2.56. The fourth-order valence-electron chi connectivity index (χ4n) is 2.88. The molecule has 0 radical (unpaired) electrons. The van der Waals surface area contributed by atoms with Gasteiger partial charge in [-0.25, -0.2) is 0 Å². The number of anilines is 1. The number of nitrogens with one attached hydrogen (secondary N) is 2. The Morgan fingerprint density at radius 2 is 2.09 bits per heavy atom. The van der Waals surface area contributed by atoms with Crippen LogP contribution in [0.25, 0.3) is 10.9 Å². The van der Waals surface area contributed by atoms with Crippen molar-refractivity contribution in [2.45, 2.75) is 40.2 Å². The summed E-state index contributed by atoms with van der Waals surface area (Å²) in [5.41, 5.74) is 4.30. The smallest absolute Gasteiger partial charge is 0.230 e. The molecule has 0 unspecified atom stereocenters. The lowest BCUT2D eigenvalue weighted by molar-refractivity contribution is -0.115. The molecule has 1 aromatic carbocycles. The summed E-state index contributed by atoms with van der Waals surface area (Å²) in [7, 11) is 0. The number of hydrogen-bond donors (Lipinski definition) is 2. The van der Waals surface area contributed by atoms with Crippen LogP contribution in [0.4, 0.5) is 5.82 Å². The third-order valence-corrected chi connectivity index (χ3v) is 3.95. The van der Waals surface area contributed by atoms with Crippen LogP contribution in [0.1, 0.15) is 36.7 Å². The zero-order valence-corrected chi connectivity index (χ0v) is 14.0. The number of carbonyl (C=O) groups is 1. The van der Waals surface area contributed by atoms with Crippen LogP contribution in [0.15, 0.2) is 30.5 Å². The van der Waals surface area contributed by atoms with Crippen molar-refractivity contribution in [3.63, 3.8) is 0 Å². The Labute approximate surface area is 135 Å². The van der Waals surface area contributed by atoms with Gasteiger partial charge in [0.2, 0.25) is 5.91 Å². The predicted molar refractivity (Wildman–Crippen MR) is 92.7 cm³/mol. The van der Waals surface area contributed by atoms with Crippen LogP contribution in [0.5, 0.6) is 0 Å². The van der Waals surface area contributed by atoms with E-state index in [1.807, 2.05) is 23.9 Å². The van der Waals surface area contributed by atoms with E-state index in [-0.39, 0.29) is 11.9 Å². The maximum Gasteiger partial charge on any atom is 0.230 e. The fourth-order valence-corrected chi connectivity index (χ4v) is 2.88. The molecule has 3 rings (SSSR count). The monoisotopic (exact) mass is 310 g/mol. The molecule has 120 valence electrons. The van der Waals surface area contributed by atoms with Gasteiger partial charge in [-0.05, 0) is 44.9 Å². The highest BCUT2D eigenvalue weighted by atomic mass is 16.1. The van der Waals surface area contributed by atoms with Crippen molar-refractivity contribution >= 4 is 22.6 Å². The van der Waals surface area contributed by atoms with Crippen LogP contribution in [0.2, 0.25) is 0 Å². The van der Waals surface area contributed by atoms with E-state index < -0.39 is 0 Å². The molecule has 2 aromatic heterocycles. The number of benzene rings is 1. The second-order valence-corrected chi connectivity index (χ2v) is 6.30. The zero-order chi connectivity index (χ0) is 16.6. The van der Waals surface area contributed by atoms with E-state index in [0.29, 0.717) is 12.2 Å². The predicted octanol–water partition coefficient (Wildman–Crippen LogP) is 3.74. The average Bonchev–Trinajstić information content (AvgIpc) is 3.02. The Morgan fingerprint density at radius 1 is 1.30 bits per heavy atom. The molecule has 0 saturated carbocycles. The standard InChI is InChI=1S/C18H22N4O/c1-11(2)22-13(4)8-17(21-22)20-18(23)9-14-10-19-16-7-12(3)5-6-15(14)16/h5-8,10-11,19H,9H2,1-4H3,(H,20,21,23). The van der Waals surface area contributed by atoms with Crippen molar-refractivity contribution in [1.82, 2.24) is 14.8 Å². The topological polar surface area (TPSA) is 62.7 Å². The van der Waals surface area contributed by atoms with E-state index in [4.69, 9.17) is 0 Å². The van der Waals surface area contributed by atoms with E-state index in [2.05, 4.69) is 54.4 Å². The molecule has 23 heavy (non-hydrogen) atoms. The summed E-state index contributed by atoms with van der Waals surface area (Å²) in [6.07, 6.45) is 2.23. The quantitative estimate of drug-likeness (QED) is 0.771. The zero-order valence-electron chi connectivity index (χ0n) is 14.0. The molecule has 0 aliphatic carbocycles. The van der Waals surface area contributed by atoms with Gasteiger partial charge in [0.15, 0.2) is 5.82 Å². The van der Waals surface area contributed by atoms with E-state index >= 15 is 0 Å². The largest absolute Gasteiger partial charge is 0.361 e. The first-order chi connectivity index (χ1) is 10.9. The minimum Gasteiger partial charge on any atom is -0.361 e. The first-order valence-electron chi connectivity index (χ1n) is 7.86. The molecule has 2 N–H and O–H groups in total. The molecular weight excluding hydrogens is 288 g/mol. The maximum atomic E-state index is 12.3. The molecule has 3 aromatic rings. The molecule has 5 nitrogen and oxygen atoms in total. The molecular formula is C18H22N4O. The molecule has 0 spiro atoms. The second-order valence-electron chi connectivity index (χ2n) is 6.30. The highest BCUT2D eigenvalue weighted by Crippen LogP contribution is 2.20. The number of aromatic amines is 1. The summed E-state index contributed by atoms with van der Waals surface area (Å²) in [4.78, 5) is 15.5. The van der Waals surface area contributed by atoms with Gasteiger partial charge in [-0.15, -0.1) is 0 Å². The minimum absolute atomic E-state index is 0.0557. The Morgan fingerprint density at radius 3 is 2.78 bits per heavy atom. The van der Waals surface area contributed by atoms with E-state index in [1.165, 1.54) is 5.56 Å². The maximum absolute atomic E-state index is 12.3. The molecule has 2 heterocycles. The number of aryl methyl sites for hydroxylation is 2. The lowest BCUT2D eigenvalue weighted by Crippen LogP contribution is -2.15. The van der Waals surface area contributed by atoms with Crippen LogP contribution in [0.3, 0.4) is 0 Å². The van der Waals surface area contributed by atoms with Crippen LogP contribution < -0.4 is 5.32 Å².